The largest absolute Gasteiger partial charge is 0.480 e. The summed E-state index contributed by atoms with van der Waals surface area (Å²) in [4.78, 5) is 11.0. The Morgan fingerprint density at radius 3 is 2.87 bits per heavy atom. The fourth-order valence-electron chi connectivity index (χ4n) is 1.71. The second kappa shape index (κ2) is 3.62. The van der Waals surface area contributed by atoms with E-state index in [0.717, 1.165) is 12.2 Å². The Morgan fingerprint density at radius 1 is 1.73 bits per heavy atom. The number of aliphatic carboxylic acids is 1. The minimum atomic E-state index is -0.768. The summed E-state index contributed by atoms with van der Waals surface area (Å²) >= 11 is 0. The molecule has 15 heavy (non-hydrogen) atoms. The molecule has 1 saturated carbocycles. The molecule has 0 aromatic carbocycles. The summed E-state index contributed by atoms with van der Waals surface area (Å²) in [6, 6.07) is 0. The highest BCUT2D eigenvalue weighted by Crippen LogP contribution is 2.32. The summed E-state index contributed by atoms with van der Waals surface area (Å²) < 4.78 is 1.78. The lowest BCUT2D eigenvalue weighted by molar-refractivity contribution is -0.148. The van der Waals surface area contributed by atoms with Gasteiger partial charge in [-0.05, 0) is 19.3 Å². The van der Waals surface area contributed by atoms with Crippen LogP contribution in [0.15, 0.2) is 6.33 Å². The molecule has 0 saturated heterocycles. The first kappa shape index (κ1) is 10.1. The number of nitrogens with one attached hydrogen (secondary N) is 1. The first-order valence-corrected chi connectivity index (χ1v) is 4.95. The van der Waals surface area contributed by atoms with Crippen LogP contribution in [0.25, 0.3) is 0 Å². The summed E-state index contributed by atoms with van der Waals surface area (Å²) in [5.41, 5.74) is -0.730. The van der Waals surface area contributed by atoms with E-state index in [-0.39, 0.29) is 0 Å². The topological polar surface area (TPSA) is 80.0 Å². The Hall–Kier alpha value is -1.43. The lowest BCUT2D eigenvalue weighted by atomic mass is 9.77. The molecule has 0 radical (unpaired) electrons. The SMILES string of the molecule is Cn1cnnc1CNC1(C(=O)O)CCC1. The Morgan fingerprint density at radius 2 is 2.47 bits per heavy atom. The summed E-state index contributed by atoms with van der Waals surface area (Å²) in [7, 11) is 1.84. The highest BCUT2D eigenvalue weighted by molar-refractivity contribution is 5.79. The number of carboxylic acid groups (broad SMARTS) is 1. The van der Waals surface area contributed by atoms with Crippen molar-refractivity contribution in [3.05, 3.63) is 12.2 Å². The Kier molecular flexibility index (Phi) is 2.44. The lowest BCUT2D eigenvalue weighted by Crippen LogP contribution is -2.56. The molecule has 6 nitrogen and oxygen atoms in total. The van der Waals surface area contributed by atoms with Gasteiger partial charge in [0.2, 0.25) is 0 Å². The van der Waals surface area contributed by atoms with Crippen LogP contribution in [-0.4, -0.2) is 31.4 Å². The quantitative estimate of drug-likeness (QED) is 0.726. The maximum Gasteiger partial charge on any atom is 0.323 e. The van der Waals surface area contributed by atoms with Crippen molar-refractivity contribution in [2.24, 2.45) is 7.05 Å². The van der Waals surface area contributed by atoms with Crippen molar-refractivity contribution in [1.29, 1.82) is 0 Å². The maximum atomic E-state index is 11.0. The normalized spacial score (nSPS) is 18.5. The van der Waals surface area contributed by atoms with E-state index in [9.17, 15) is 4.79 Å². The molecule has 1 heterocycles. The van der Waals surface area contributed by atoms with Crippen molar-refractivity contribution in [3.63, 3.8) is 0 Å². The third-order valence-electron chi connectivity index (χ3n) is 3.01. The average Bonchev–Trinajstić information content (AvgIpc) is 2.49. The molecule has 2 rings (SSSR count). The first-order chi connectivity index (χ1) is 7.14. The van der Waals surface area contributed by atoms with Crippen LogP contribution in [0, 0.1) is 0 Å². The second-order valence-corrected chi connectivity index (χ2v) is 3.95. The van der Waals surface area contributed by atoms with Crippen molar-refractivity contribution < 1.29 is 9.90 Å². The van der Waals surface area contributed by atoms with Crippen molar-refractivity contribution in [1.82, 2.24) is 20.1 Å². The number of nitrogens with zero attached hydrogens (tertiary/aromatic N) is 3. The van der Waals surface area contributed by atoms with E-state index >= 15 is 0 Å². The van der Waals surface area contributed by atoms with Crippen molar-refractivity contribution >= 4 is 5.97 Å². The number of hydrogen-bond donors (Lipinski definition) is 2. The summed E-state index contributed by atoms with van der Waals surface area (Å²) in [5.74, 6) is -0.0153. The minimum absolute atomic E-state index is 0.447. The van der Waals surface area contributed by atoms with Gasteiger partial charge in [-0.1, -0.05) is 0 Å². The van der Waals surface area contributed by atoms with Gasteiger partial charge in [0.1, 0.15) is 17.7 Å². The molecule has 2 N–H and O–H groups in total. The molecule has 0 atom stereocenters. The molecule has 6 heteroatoms. The molecule has 1 aliphatic rings. The molecule has 0 amide bonds. The Bertz CT molecular complexity index is 370. The molecule has 1 fully saturated rings. The van der Waals surface area contributed by atoms with Crippen molar-refractivity contribution in [2.75, 3.05) is 0 Å². The van der Waals surface area contributed by atoms with E-state index in [1.54, 1.807) is 10.9 Å². The molecule has 1 aromatic heterocycles. The summed E-state index contributed by atoms with van der Waals surface area (Å²) in [6.45, 7) is 0.447. The van der Waals surface area contributed by atoms with E-state index in [2.05, 4.69) is 15.5 Å². The number of hydrogen-bond acceptors (Lipinski definition) is 4. The standard InChI is InChI=1S/C9H14N4O2/c1-13-6-11-12-7(13)5-10-9(8(14)15)3-2-4-9/h6,10H,2-5H2,1H3,(H,14,15). The molecule has 1 aliphatic carbocycles. The highest BCUT2D eigenvalue weighted by Gasteiger charge is 2.43. The average molecular weight is 210 g/mol. The number of carbonyl (C=O) groups is 1. The zero-order valence-electron chi connectivity index (χ0n) is 8.60. The lowest BCUT2D eigenvalue weighted by Gasteiger charge is -2.38. The van der Waals surface area contributed by atoms with E-state index in [1.165, 1.54) is 0 Å². The summed E-state index contributed by atoms with van der Waals surface area (Å²) in [5, 5.41) is 19.8. The van der Waals surface area contributed by atoms with Gasteiger partial charge in [-0.2, -0.15) is 0 Å². The van der Waals surface area contributed by atoms with Crippen LogP contribution < -0.4 is 5.32 Å². The van der Waals surface area contributed by atoms with Gasteiger partial charge in [0.25, 0.3) is 0 Å². The van der Waals surface area contributed by atoms with Gasteiger partial charge in [-0.3, -0.25) is 10.1 Å². The van der Waals surface area contributed by atoms with Gasteiger partial charge in [0.05, 0.1) is 6.54 Å². The zero-order chi connectivity index (χ0) is 10.9. The van der Waals surface area contributed by atoms with Gasteiger partial charge in [0.15, 0.2) is 0 Å². The predicted octanol–water partition coefficient (Wildman–Crippen LogP) is -0.0880. The molecule has 0 unspecified atom stereocenters. The number of carboxylic acids is 1. The molecule has 0 aliphatic heterocycles. The van der Waals surface area contributed by atoms with Gasteiger partial charge in [0, 0.05) is 7.05 Å². The van der Waals surface area contributed by atoms with Crippen LogP contribution in [-0.2, 0) is 18.4 Å². The van der Waals surface area contributed by atoms with Crippen LogP contribution in [0.5, 0.6) is 0 Å². The fraction of sp³-hybridized carbons (Fsp3) is 0.667. The smallest absolute Gasteiger partial charge is 0.323 e. The van der Waals surface area contributed by atoms with E-state index in [1.807, 2.05) is 7.05 Å². The third kappa shape index (κ3) is 1.72. The van der Waals surface area contributed by atoms with Gasteiger partial charge < -0.3 is 9.67 Å². The first-order valence-electron chi connectivity index (χ1n) is 4.95. The van der Waals surface area contributed by atoms with Crippen LogP contribution >= 0.6 is 0 Å². The van der Waals surface area contributed by atoms with Crippen LogP contribution in [0.1, 0.15) is 25.1 Å². The Balaban J connectivity index is 1.98. The molecule has 0 spiro atoms. The monoisotopic (exact) mass is 210 g/mol. The van der Waals surface area contributed by atoms with Crippen LogP contribution in [0.3, 0.4) is 0 Å². The molecule has 82 valence electrons. The fourth-order valence-corrected chi connectivity index (χ4v) is 1.71. The highest BCUT2D eigenvalue weighted by atomic mass is 16.4. The Labute approximate surface area is 87.3 Å². The van der Waals surface area contributed by atoms with Crippen molar-refractivity contribution in [3.8, 4) is 0 Å². The minimum Gasteiger partial charge on any atom is -0.480 e. The van der Waals surface area contributed by atoms with Gasteiger partial charge >= 0.3 is 5.97 Å². The zero-order valence-corrected chi connectivity index (χ0v) is 8.60. The second-order valence-electron chi connectivity index (χ2n) is 3.95. The molecule has 0 bridgehead atoms. The number of rotatable bonds is 4. The number of aromatic nitrogens is 3. The molecule has 1 aromatic rings. The van der Waals surface area contributed by atoms with E-state index in [0.29, 0.717) is 19.4 Å². The summed E-state index contributed by atoms with van der Waals surface area (Å²) in [6.07, 6.45) is 3.96. The van der Waals surface area contributed by atoms with E-state index in [4.69, 9.17) is 5.11 Å². The van der Waals surface area contributed by atoms with Gasteiger partial charge in [-0.25, -0.2) is 0 Å². The predicted molar refractivity (Wildman–Crippen MR) is 52.1 cm³/mol. The van der Waals surface area contributed by atoms with E-state index < -0.39 is 11.5 Å². The van der Waals surface area contributed by atoms with Crippen molar-refractivity contribution in [2.45, 2.75) is 31.3 Å². The number of aryl methyl sites for hydroxylation is 1. The maximum absolute atomic E-state index is 11.0. The van der Waals surface area contributed by atoms with Gasteiger partial charge in [-0.15, -0.1) is 10.2 Å². The van der Waals surface area contributed by atoms with Crippen LogP contribution in [0.4, 0.5) is 0 Å². The third-order valence-corrected chi connectivity index (χ3v) is 3.01. The van der Waals surface area contributed by atoms with Crippen LogP contribution in [0.2, 0.25) is 0 Å². The molecular weight excluding hydrogens is 196 g/mol. The molecular formula is C9H14N4O2.